The van der Waals surface area contributed by atoms with E-state index in [4.69, 9.17) is 5.11 Å². The van der Waals surface area contributed by atoms with E-state index in [1.54, 1.807) is 19.1 Å². The molecule has 7 heteroatoms. The molecule has 2 N–H and O–H groups in total. The van der Waals surface area contributed by atoms with Crippen LogP contribution in [0.15, 0.2) is 35.3 Å². The molecule has 0 saturated carbocycles. The number of aromatic nitrogens is 3. The smallest absolute Gasteiger partial charge is 0.341 e. The molecular formula is C15H12FN3O3. The first-order valence-electron chi connectivity index (χ1n) is 6.54. The molecule has 2 heterocycles. The van der Waals surface area contributed by atoms with Crippen molar-refractivity contribution in [1.29, 1.82) is 0 Å². The van der Waals surface area contributed by atoms with Crippen LogP contribution in [-0.4, -0.2) is 25.7 Å². The average molecular weight is 301 g/mol. The van der Waals surface area contributed by atoms with E-state index in [1.165, 1.54) is 18.3 Å². The SMILES string of the molecule is Cc1nc2c(C(=O)O)c[nH]n2c(=O)c1Cc1ccc(F)cc1. The highest BCUT2D eigenvalue weighted by molar-refractivity contribution is 5.94. The molecule has 0 bridgehead atoms. The van der Waals surface area contributed by atoms with Gasteiger partial charge in [0.05, 0.1) is 0 Å². The second-order valence-corrected chi connectivity index (χ2v) is 4.94. The van der Waals surface area contributed by atoms with Crippen LogP contribution in [0.5, 0.6) is 0 Å². The van der Waals surface area contributed by atoms with Gasteiger partial charge in [-0.3, -0.25) is 9.89 Å². The van der Waals surface area contributed by atoms with Gasteiger partial charge in [0, 0.05) is 23.9 Å². The maximum Gasteiger partial charge on any atom is 0.341 e. The van der Waals surface area contributed by atoms with Crippen molar-refractivity contribution in [2.45, 2.75) is 13.3 Å². The second kappa shape index (κ2) is 5.10. The number of hydrogen-bond donors (Lipinski definition) is 2. The number of halogens is 1. The lowest BCUT2D eigenvalue weighted by molar-refractivity contribution is 0.0698. The Morgan fingerprint density at radius 2 is 2.05 bits per heavy atom. The molecule has 0 aliphatic carbocycles. The summed E-state index contributed by atoms with van der Waals surface area (Å²) in [6, 6.07) is 5.85. The van der Waals surface area contributed by atoms with Crippen LogP contribution >= 0.6 is 0 Å². The Bertz CT molecular complexity index is 926. The first kappa shape index (κ1) is 14.0. The van der Waals surface area contributed by atoms with Gasteiger partial charge in [0.15, 0.2) is 5.65 Å². The van der Waals surface area contributed by atoms with E-state index in [0.29, 0.717) is 17.7 Å². The number of aryl methyl sites for hydroxylation is 1. The van der Waals surface area contributed by atoms with Gasteiger partial charge >= 0.3 is 5.97 Å². The first-order valence-corrected chi connectivity index (χ1v) is 6.54. The van der Waals surface area contributed by atoms with Crippen LogP contribution in [0.4, 0.5) is 4.39 Å². The number of benzene rings is 1. The van der Waals surface area contributed by atoms with Crippen molar-refractivity contribution in [1.82, 2.24) is 14.6 Å². The van der Waals surface area contributed by atoms with Crippen molar-refractivity contribution in [2.24, 2.45) is 0 Å². The standard InChI is InChI=1S/C15H12FN3O3/c1-8-11(6-9-2-4-10(16)5-3-9)14(20)19-13(18-8)12(7-17-19)15(21)22/h2-5,7,17H,6H2,1H3,(H,21,22). The van der Waals surface area contributed by atoms with Crippen LogP contribution < -0.4 is 5.56 Å². The number of aromatic amines is 1. The number of hydrogen-bond acceptors (Lipinski definition) is 3. The highest BCUT2D eigenvalue weighted by Gasteiger charge is 2.17. The van der Waals surface area contributed by atoms with Gasteiger partial charge < -0.3 is 5.11 Å². The predicted octanol–water partition coefficient (Wildman–Crippen LogP) is 1.76. The molecule has 3 aromatic rings. The van der Waals surface area contributed by atoms with Gasteiger partial charge in [0.1, 0.15) is 11.4 Å². The molecule has 0 amide bonds. The Balaban J connectivity index is 2.13. The fraction of sp³-hybridized carbons (Fsp3) is 0.133. The zero-order valence-electron chi connectivity index (χ0n) is 11.6. The van der Waals surface area contributed by atoms with Crippen molar-refractivity contribution >= 4 is 11.6 Å². The number of aromatic carboxylic acids is 1. The molecule has 0 unspecified atom stereocenters. The van der Waals surface area contributed by atoms with Gasteiger partial charge in [0.2, 0.25) is 0 Å². The minimum Gasteiger partial charge on any atom is -0.477 e. The quantitative estimate of drug-likeness (QED) is 0.771. The number of rotatable bonds is 3. The molecule has 1 aromatic carbocycles. The molecule has 0 atom stereocenters. The summed E-state index contributed by atoms with van der Waals surface area (Å²) in [7, 11) is 0. The van der Waals surface area contributed by atoms with Crippen molar-refractivity contribution in [2.75, 3.05) is 0 Å². The van der Waals surface area contributed by atoms with Crippen molar-refractivity contribution in [3.05, 3.63) is 69.0 Å². The first-order chi connectivity index (χ1) is 10.5. The Kier molecular flexibility index (Phi) is 3.25. The highest BCUT2D eigenvalue weighted by Crippen LogP contribution is 2.13. The van der Waals surface area contributed by atoms with E-state index in [-0.39, 0.29) is 22.6 Å². The molecule has 0 aliphatic rings. The number of carboxylic acid groups (broad SMARTS) is 1. The normalized spacial score (nSPS) is 11.0. The molecular weight excluding hydrogens is 289 g/mol. The third-order valence-corrected chi connectivity index (χ3v) is 3.49. The van der Waals surface area contributed by atoms with E-state index in [1.807, 2.05) is 0 Å². The molecule has 0 radical (unpaired) electrons. The third-order valence-electron chi connectivity index (χ3n) is 3.49. The number of nitrogens with one attached hydrogen (secondary N) is 1. The van der Waals surface area contributed by atoms with Crippen molar-refractivity contribution in [3.63, 3.8) is 0 Å². The van der Waals surface area contributed by atoms with Gasteiger partial charge in [0.25, 0.3) is 5.56 Å². The summed E-state index contributed by atoms with van der Waals surface area (Å²) in [5, 5.41) is 11.7. The second-order valence-electron chi connectivity index (χ2n) is 4.94. The summed E-state index contributed by atoms with van der Waals surface area (Å²) < 4.78 is 14.0. The molecule has 2 aromatic heterocycles. The van der Waals surface area contributed by atoms with Crippen LogP contribution in [0, 0.1) is 12.7 Å². The summed E-state index contributed by atoms with van der Waals surface area (Å²) in [4.78, 5) is 27.8. The van der Waals surface area contributed by atoms with Gasteiger partial charge in [-0.25, -0.2) is 18.7 Å². The number of H-pyrrole nitrogens is 1. The van der Waals surface area contributed by atoms with Crippen LogP contribution in [0.1, 0.15) is 27.2 Å². The lowest BCUT2D eigenvalue weighted by Gasteiger charge is -2.06. The van der Waals surface area contributed by atoms with E-state index < -0.39 is 5.97 Å². The van der Waals surface area contributed by atoms with Gasteiger partial charge in [-0.1, -0.05) is 12.1 Å². The molecule has 0 saturated heterocycles. The third kappa shape index (κ3) is 2.26. The Hall–Kier alpha value is -2.96. The largest absolute Gasteiger partial charge is 0.477 e. The van der Waals surface area contributed by atoms with E-state index in [2.05, 4.69) is 10.1 Å². The Labute approximate surface area is 123 Å². The Morgan fingerprint density at radius 3 is 2.68 bits per heavy atom. The predicted molar refractivity (Wildman–Crippen MR) is 76.7 cm³/mol. The zero-order valence-corrected chi connectivity index (χ0v) is 11.6. The Morgan fingerprint density at radius 1 is 1.36 bits per heavy atom. The summed E-state index contributed by atoms with van der Waals surface area (Å²) in [6.07, 6.45) is 1.52. The molecule has 3 rings (SSSR count). The summed E-state index contributed by atoms with van der Waals surface area (Å²) in [5.41, 5.74) is 1.32. The highest BCUT2D eigenvalue weighted by atomic mass is 19.1. The monoisotopic (exact) mass is 301 g/mol. The van der Waals surface area contributed by atoms with E-state index in [9.17, 15) is 14.0 Å². The lowest BCUT2D eigenvalue weighted by atomic mass is 10.1. The van der Waals surface area contributed by atoms with Crippen molar-refractivity contribution in [3.8, 4) is 0 Å². The van der Waals surface area contributed by atoms with Gasteiger partial charge in [-0.15, -0.1) is 0 Å². The van der Waals surface area contributed by atoms with Crippen molar-refractivity contribution < 1.29 is 14.3 Å². The summed E-state index contributed by atoms with van der Waals surface area (Å²) >= 11 is 0. The lowest BCUT2D eigenvalue weighted by Crippen LogP contribution is -2.22. The maximum absolute atomic E-state index is 12.9. The van der Waals surface area contributed by atoms with Crippen LogP contribution in [0.3, 0.4) is 0 Å². The molecule has 112 valence electrons. The fourth-order valence-corrected chi connectivity index (χ4v) is 2.32. The number of carbonyl (C=O) groups is 1. The van der Waals surface area contributed by atoms with Gasteiger partial charge in [-0.2, -0.15) is 0 Å². The topological polar surface area (TPSA) is 87.5 Å². The van der Waals surface area contributed by atoms with E-state index >= 15 is 0 Å². The fourth-order valence-electron chi connectivity index (χ4n) is 2.32. The summed E-state index contributed by atoms with van der Waals surface area (Å²) in [5.74, 6) is -1.50. The minimum absolute atomic E-state index is 0.0615. The molecule has 0 fully saturated rings. The number of nitrogens with zero attached hydrogens (tertiary/aromatic N) is 2. The average Bonchev–Trinajstić information content (AvgIpc) is 2.89. The number of fused-ring (bicyclic) bond motifs is 1. The molecule has 6 nitrogen and oxygen atoms in total. The molecule has 0 aliphatic heterocycles. The minimum atomic E-state index is -1.16. The number of carboxylic acids is 1. The zero-order chi connectivity index (χ0) is 15.9. The van der Waals surface area contributed by atoms with Crippen LogP contribution in [0.25, 0.3) is 5.65 Å². The van der Waals surface area contributed by atoms with Crippen LogP contribution in [0.2, 0.25) is 0 Å². The molecule has 22 heavy (non-hydrogen) atoms. The summed E-state index contributed by atoms with van der Waals surface area (Å²) in [6.45, 7) is 1.65. The van der Waals surface area contributed by atoms with Crippen LogP contribution in [-0.2, 0) is 6.42 Å². The van der Waals surface area contributed by atoms with Gasteiger partial charge in [-0.05, 0) is 24.6 Å². The maximum atomic E-state index is 12.9. The molecule has 0 spiro atoms. The van der Waals surface area contributed by atoms with E-state index in [0.717, 1.165) is 10.1 Å².